The number of ether oxygens (including phenoxy) is 1. The maximum Gasteiger partial charge on any atom is 0.407 e. The van der Waals surface area contributed by atoms with E-state index in [0.29, 0.717) is 25.1 Å². The predicted molar refractivity (Wildman–Crippen MR) is 115 cm³/mol. The summed E-state index contributed by atoms with van der Waals surface area (Å²) in [5.41, 5.74) is 1.05. The molecule has 2 fully saturated rings. The molecule has 3 N–H and O–H groups in total. The fourth-order valence-electron chi connectivity index (χ4n) is 3.71. The molecule has 1 saturated heterocycles. The van der Waals surface area contributed by atoms with Crippen molar-refractivity contribution in [2.45, 2.75) is 51.6 Å². The molecule has 1 amide bonds. The van der Waals surface area contributed by atoms with E-state index in [0.717, 1.165) is 56.2 Å². The molecule has 1 aliphatic carbocycles. The molecule has 8 nitrogen and oxygen atoms in total. The molecule has 0 bridgehead atoms. The number of alkyl carbamates (subject to hydrolysis) is 1. The van der Waals surface area contributed by atoms with E-state index < -0.39 is 0 Å². The summed E-state index contributed by atoms with van der Waals surface area (Å²) in [5.74, 6) is 2.37. The summed E-state index contributed by atoms with van der Waals surface area (Å²) in [4.78, 5) is 23.1. The minimum atomic E-state index is -0.341. The van der Waals surface area contributed by atoms with Crippen LogP contribution in [0.25, 0.3) is 0 Å². The van der Waals surface area contributed by atoms with Gasteiger partial charge in [0, 0.05) is 38.4 Å². The Morgan fingerprint density at radius 2 is 2.07 bits per heavy atom. The number of carbonyl (C=O) groups excluding carboxylic acids is 1. The number of piperidine rings is 1. The molecular formula is C21H34N6O2. The molecule has 0 radical (unpaired) electrons. The van der Waals surface area contributed by atoms with Gasteiger partial charge in [-0.1, -0.05) is 6.07 Å². The van der Waals surface area contributed by atoms with Crippen molar-refractivity contribution >= 4 is 17.9 Å². The predicted octanol–water partition coefficient (Wildman–Crippen LogP) is 2.05. The summed E-state index contributed by atoms with van der Waals surface area (Å²) >= 11 is 0. The number of anilines is 1. The van der Waals surface area contributed by atoms with Crippen LogP contribution in [-0.2, 0) is 4.74 Å². The number of nitrogens with one attached hydrogen (secondary N) is 3. The van der Waals surface area contributed by atoms with E-state index in [9.17, 15) is 4.79 Å². The maximum absolute atomic E-state index is 11.8. The number of amides is 1. The standard InChI is InChI=1S/C21H34N6O2/c1-4-29-21(28)26-18(16-8-9-16)14-23-20(22-3)25-17-10-12-27(13-11-17)19-7-5-6-15(2)24-19/h5-7,16-18H,4,8-14H2,1-3H3,(H,26,28)(H2,22,23,25). The van der Waals surface area contributed by atoms with E-state index in [2.05, 4.69) is 43.0 Å². The number of aliphatic imine (C=N–C) groups is 1. The van der Waals surface area contributed by atoms with Crippen molar-refractivity contribution in [3.63, 3.8) is 0 Å². The summed E-state index contributed by atoms with van der Waals surface area (Å²) in [6.07, 6.45) is 4.02. The van der Waals surface area contributed by atoms with Crippen LogP contribution in [-0.4, -0.2) is 62.4 Å². The van der Waals surface area contributed by atoms with Crippen LogP contribution in [0.4, 0.5) is 10.6 Å². The second kappa shape index (κ2) is 10.3. The molecule has 2 heterocycles. The number of pyridine rings is 1. The Morgan fingerprint density at radius 3 is 2.69 bits per heavy atom. The summed E-state index contributed by atoms with van der Waals surface area (Å²) in [7, 11) is 1.78. The van der Waals surface area contributed by atoms with Gasteiger partial charge in [-0.25, -0.2) is 9.78 Å². The largest absolute Gasteiger partial charge is 0.450 e. The van der Waals surface area contributed by atoms with E-state index in [1.54, 1.807) is 7.05 Å². The Hall–Kier alpha value is -2.51. The Bertz CT molecular complexity index is 698. The van der Waals surface area contributed by atoms with Crippen LogP contribution in [0.5, 0.6) is 0 Å². The summed E-state index contributed by atoms with van der Waals surface area (Å²) < 4.78 is 5.03. The summed E-state index contributed by atoms with van der Waals surface area (Å²) in [6.45, 7) is 6.82. The molecule has 2 aliphatic rings. The Labute approximate surface area is 173 Å². The van der Waals surface area contributed by atoms with Gasteiger partial charge in [0.25, 0.3) is 0 Å². The zero-order chi connectivity index (χ0) is 20.6. The molecule has 0 aromatic carbocycles. The van der Waals surface area contributed by atoms with Gasteiger partial charge in [-0.2, -0.15) is 0 Å². The number of rotatable bonds is 7. The third-order valence-corrected chi connectivity index (χ3v) is 5.52. The summed E-state index contributed by atoms with van der Waals surface area (Å²) in [5, 5.41) is 9.88. The molecule has 160 valence electrons. The lowest BCUT2D eigenvalue weighted by Crippen LogP contribution is -2.52. The lowest BCUT2D eigenvalue weighted by atomic mass is 10.1. The smallest absolute Gasteiger partial charge is 0.407 e. The highest BCUT2D eigenvalue weighted by Crippen LogP contribution is 2.32. The Kier molecular flexibility index (Phi) is 7.55. The first-order valence-corrected chi connectivity index (χ1v) is 10.7. The third-order valence-electron chi connectivity index (χ3n) is 5.52. The van der Waals surface area contributed by atoms with Crippen LogP contribution in [0.15, 0.2) is 23.2 Å². The van der Waals surface area contributed by atoms with Gasteiger partial charge in [0.1, 0.15) is 5.82 Å². The van der Waals surface area contributed by atoms with Gasteiger partial charge in [0.15, 0.2) is 5.96 Å². The Morgan fingerprint density at radius 1 is 1.31 bits per heavy atom. The van der Waals surface area contributed by atoms with Gasteiger partial charge >= 0.3 is 6.09 Å². The van der Waals surface area contributed by atoms with Crippen molar-refractivity contribution in [2.24, 2.45) is 10.9 Å². The van der Waals surface area contributed by atoms with E-state index in [4.69, 9.17) is 4.74 Å². The van der Waals surface area contributed by atoms with Gasteiger partial charge in [-0.3, -0.25) is 4.99 Å². The number of hydrogen-bond donors (Lipinski definition) is 3. The van der Waals surface area contributed by atoms with E-state index >= 15 is 0 Å². The zero-order valence-electron chi connectivity index (χ0n) is 17.8. The van der Waals surface area contributed by atoms with Crippen LogP contribution in [0.1, 0.15) is 38.3 Å². The molecular weight excluding hydrogens is 368 g/mol. The second-order valence-corrected chi connectivity index (χ2v) is 7.80. The fourth-order valence-corrected chi connectivity index (χ4v) is 3.71. The summed E-state index contributed by atoms with van der Waals surface area (Å²) in [6, 6.07) is 6.62. The van der Waals surface area contributed by atoms with Crippen molar-refractivity contribution in [3.8, 4) is 0 Å². The van der Waals surface area contributed by atoms with Crippen LogP contribution in [0, 0.1) is 12.8 Å². The number of aryl methyl sites for hydroxylation is 1. The van der Waals surface area contributed by atoms with Crippen molar-refractivity contribution in [2.75, 3.05) is 38.2 Å². The lowest BCUT2D eigenvalue weighted by Gasteiger charge is -2.34. The SMILES string of the molecule is CCOC(=O)NC(CNC(=NC)NC1CCN(c2cccc(C)n2)CC1)C1CC1. The van der Waals surface area contributed by atoms with Crippen molar-refractivity contribution < 1.29 is 9.53 Å². The van der Waals surface area contributed by atoms with Crippen LogP contribution in [0.3, 0.4) is 0 Å². The van der Waals surface area contributed by atoms with Crippen molar-refractivity contribution in [3.05, 3.63) is 23.9 Å². The first-order chi connectivity index (χ1) is 14.1. The van der Waals surface area contributed by atoms with Crippen LogP contribution < -0.4 is 20.9 Å². The highest BCUT2D eigenvalue weighted by Gasteiger charge is 2.32. The highest BCUT2D eigenvalue weighted by atomic mass is 16.5. The molecule has 1 aliphatic heterocycles. The molecule has 1 saturated carbocycles. The van der Waals surface area contributed by atoms with E-state index in [1.165, 1.54) is 0 Å². The minimum absolute atomic E-state index is 0.0712. The molecule has 29 heavy (non-hydrogen) atoms. The molecule has 0 spiro atoms. The number of hydrogen-bond acceptors (Lipinski definition) is 5. The topological polar surface area (TPSA) is 90.9 Å². The first-order valence-electron chi connectivity index (χ1n) is 10.7. The average Bonchev–Trinajstić information content (AvgIpc) is 3.56. The van der Waals surface area contributed by atoms with Gasteiger partial charge in [0.2, 0.25) is 0 Å². The zero-order valence-corrected chi connectivity index (χ0v) is 17.8. The van der Waals surface area contributed by atoms with Crippen LogP contribution >= 0.6 is 0 Å². The van der Waals surface area contributed by atoms with Gasteiger partial charge in [-0.15, -0.1) is 0 Å². The second-order valence-electron chi connectivity index (χ2n) is 7.80. The normalized spacial score (nSPS) is 18.9. The lowest BCUT2D eigenvalue weighted by molar-refractivity contribution is 0.146. The number of guanidine groups is 1. The third kappa shape index (κ3) is 6.51. The number of nitrogens with zero attached hydrogens (tertiary/aromatic N) is 3. The quantitative estimate of drug-likeness (QED) is 0.478. The monoisotopic (exact) mass is 402 g/mol. The van der Waals surface area contributed by atoms with E-state index in [-0.39, 0.29) is 12.1 Å². The molecule has 3 rings (SSSR count). The first kappa shape index (κ1) is 21.2. The van der Waals surface area contributed by atoms with Gasteiger partial charge in [-0.05, 0) is 57.6 Å². The van der Waals surface area contributed by atoms with Crippen LogP contribution in [0.2, 0.25) is 0 Å². The number of aromatic nitrogens is 1. The minimum Gasteiger partial charge on any atom is -0.450 e. The molecule has 8 heteroatoms. The highest BCUT2D eigenvalue weighted by molar-refractivity contribution is 5.80. The van der Waals surface area contributed by atoms with E-state index in [1.807, 2.05) is 19.9 Å². The molecule has 1 unspecified atom stereocenters. The van der Waals surface area contributed by atoms with Gasteiger partial charge < -0.3 is 25.6 Å². The molecule has 1 aromatic heterocycles. The van der Waals surface area contributed by atoms with Gasteiger partial charge in [0.05, 0.1) is 12.6 Å². The number of carbonyl (C=O) groups is 1. The molecule has 1 aromatic rings. The van der Waals surface area contributed by atoms with Crippen molar-refractivity contribution in [1.82, 2.24) is 20.9 Å². The fraction of sp³-hybridized carbons (Fsp3) is 0.667. The Balaban J connectivity index is 1.44. The maximum atomic E-state index is 11.8. The van der Waals surface area contributed by atoms with Crippen molar-refractivity contribution in [1.29, 1.82) is 0 Å². The molecule has 1 atom stereocenters. The average molecular weight is 403 g/mol.